The van der Waals surface area contributed by atoms with Gasteiger partial charge in [-0.05, 0) is 44.2 Å². The summed E-state index contributed by atoms with van der Waals surface area (Å²) < 4.78 is 52.2. The predicted molar refractivity (Wildman–Crippen MR) is 114 cm³/mol. The number of amides is 1. The lowest BCUT2D eigenvalue weighted by Crippen LogP contribution is -2.48. The maximum Gasteiger partial charge on any atom is 0.253 e. The van der Waals surface area contributed by atoms with E-state index in [1.165, 1.54) is 33.5 Å². The van der Waals surface area contributed by atoms with Crippen LogP contribution in [0.5, 0.6) is 5.75 Å². The number of halogens is 1. The largest absolute Gasteiger partial charge is 0.489 e. The van der Waals surface area contributed by atoms with Crippen LogP contribution in [0.1, 0.15) is 24.2 Å². The fourth-order valence-corrected chi connectivity index (χ4v) is 5.08. The van der Waals surface area contributed by atoms with Gasteiger partial charge in [-0.2, -0.15) is 4.31 Å². The summed E-state index contributed by atoms with van der Waals surface area (Å²) in [6.45, 7) is 4.50. The van der Waals surface area contributed by atoms with E-state index in [0.29, 0.717) is 0 Å². The first-order valence-corrected chi connectivity index (χ1v) is 11.5. The maximum absolute atomic E-state index is 13.6. The van der Waals surface area contributed by atoms with Gasteiger partial charge in [0.15, 0.2) is 11.6 Å². The average molecular weight is 451 g/mol. The second-order valence-corrected chi connectivity index (χ2v) is 9.55. The van der Waals surface area contributed by atoms with Crippen LogP contribution in [-0.4, -0.2) is 69.0 Å². The first-order chi connectivity index (χ1) is 14.7. The van der Waals surface area contributed by atoms with E-state index in [1.54, 1.807) is 31.3 Å². The number of benzene rings is 2. The molecule has 0 radical (unpaired) electrons. The number of hydrogen-bond donors (Lipinski definition) is 0. The summed E-state index contributed by atoms with van der Waals surface area (Å²) in [6.07, 6.45) is -0.409. The molecule has 2 unspecified atom stereocenters. The lowest BCUT2D eigenvalue weighted by atomic mass is 10.2. The number of rotatable bonds is 7. The zero-order chi connectivity index (χ0) is 22.6. The van der Waals surface area contributed by atoms with Gasteiger partial charge in [-0.25, -0.2) is 12.8 Å². The third kappa shape index (κ3) is 5.61. The molecule has 168 valence electrons. The number of nitrogens with zero attached hydrogens (tertiary/aromatic N) is 2. The minimum absolute atomic E-state index is 0.0654. The van der Waals surface area contributed by atoms with Crippen molar-refractivity contribution in [3.8, 4) is 5.75 Å². The van der Waals surface area contributed by atoms with Crippen LogP contribution < -0.4 is 4.74 Å². The van der Waals surface area contributed by atoms with Crippen LogP contribution in [0.3, 0.4) is 0 Å². The van der Waals surface area contributed by atoms with Gasteiger partial charge >= 0.3 is 0 Å². The molecule has 0 aliphatic carbocycles. The molecular weight excluding hydrogens is 423 g/mol. The van der Waals surface area contributed by atoms with Crippen LogP contribution >= 0.6 is 0 Å². The van der Waals surface area contributed by atoms with Crippen molar-refractivity contribution < 1.29 is 27.1 Å². The molecule has 2 aromatic rings. The van der Waals surface area contributed by atoms with Gasteiger partial charge in [-0.3, -0.25) is 4.79 Å². The number of likely N-dealkylation sites (N-methyl/N-ethyl adjacent to an activating group) is 1. The van der Waals surface area contributed by atoms with Gasteiger partial charge in [-0.1, -0.05) is 18.2 Å². The molecule has 0 bridgehead atoms. The molecule has 1 aliphatic rings. The summed E-state index contributed by atoms with van der Waals surface area (Å²) in [5.74, 6) is -0.704. The van der Waals surface area contributed by atoms with Crippen LogP contribution in [0, 0.1) is 5.82 Å². The SMILES string of the molecule is CC1CN(S(=O)(=O)c2cccc(C(=O)N(C)CCOc3ccccc3F)c2)CC(C)O1. The highest BCUT2D eigenvalue weighted by molar-refractivity contribution is 7.89. The Balaban J connectivity index is 1.67. The second kappa shape index (κ2) is 9.76. The van der Waals surface area contributed by atoms with Crippen LogP contribution in [0.4, 0.5) is 4.39 Å². The van der Waals surface area contributed by atoms with Crippen molar-refractivity contribution in [1.82, 2.24) is 9.21 Å². The molecule has 31 heavy (non-hydrogen) atoms. The number of para-hydroxylation sites is 1. The molecule has 1 aliphatic heterocycles. The first kappa shape index (κ1) is 23.2. The van der Waals surface area contributed by atoms with Crippen molar-refractivity contribution in [1.29, 1.82) is 0 Å². The summed E-state index contributed by atoms with van der Waals surface area (Å²) in [5, 5.41) is 0. The van der Waals surface area contributed by atoms with Crippen LogP contribution in [0.15, 0.2) is 53.4 Å². The third-order valence-corrected chi connectivity index (χ3v) is 6.80. The monoisotopic (exact) mass is 450 g/mol. The molecule has 0 aromatic heterocycles. The molecule has 0 spiro atoms. The van der Waals surface area contributed by atoms with Gasteiger partial charge < -0.3 is 14.4 Å². The highest BCUT2D eigenvalue weighted by Crippen LogP contribution is 2.22. The van der Waals surface area contributed by atoms with Gasteiger partial charge in [0.2, 0.25) is 10.0 Å². The van der Waals surface area contributed by atoms with Crippen molar-refractivity contribution in [2.45, 2.75) is 31.0 Å². The molecule has 0 saturated carbocycles. The van der Waals surface area contributed by atoms with Gasteiger partial charge in [0, 0.05) is 25.7 Å². The molecule has 7 nitrogen and oxygen atoms in total. The van der Waals surface area contributed by atoms with Gasteiger partial charge in [-0.15, -0.1) is 0 Å². The summed E-state index contributed by atoms with van der Waals surface area (Å²) in [4.78, 5) is 14.3. The zero-order valence-corrected chi connectivity index (χ0v) is 18.6. The Bertz CT molecular complexity index is 1020. The number of carbonyl (C=O) groups excluding carboxylic acids is 1. The Morgan fingerprint density at radius 3 is 2.52 bits per heavy atom. The minimum Gasteiger partial charge on any atom is -0.489 e. The quantitative estimate of drug-likeness (QED) is 0.648. The van der Waals surface area contributed by atoms with Gasteiger partial charge in [0.1, 0.15) is 6.61 Å². The number of sulfonamides is 1. The molecular formula is C22H27FN2O5S. The fraction of sp³-hybridized carbons (Fsp3) is 0.409. The van der Waals surface area contributed by atoms with E-state index < -0.39 is 15.8 Å². The number of ether oxygens (including phenoxy) is 2. The molecule has 1 fully saturated rings. The summed E-state index contributed by atoms with van der Waals surface area (Å²) in [5.41, 5.74) is 0.254. The summed E-state index contributed by atoms with van der Waals surface area (Å²) in [6, 6.07) is 12.0. The molecule has 9 heteroatoms. The predicted octanol–water partition coefficient (Wildman–Crippen LogP) is 2.77. The van der Waals surface area contributed by atoms with E-state index in [-0.39, 0.29) is 60.6 Å². The summed E-state index contributed by atoms with van der Waals surface area (Å²) >= 11 is 0. The Morgan fingerprint density at radius 1 is 1.16 bits per heavy atom. The third-order valence-electron chi connectivity index (χ3n) is 4.97. The number of morpholine rings is 1. The Morgan fingerprint density at radius 2 is 1.84 bits per heavy atom. The van der Waals surface area contributed by atoms with Crippen molar-refractivity contribution in [2.24, 2.45) is 0 Å². The molecule has 1 heterocycles. The molecule has 1 saturated heterocycles. The van der Waals surface area contributed by atoms with Crippen molar-refractivity contribution in [2.75, 3.05) is 33.3 Å². The molecule has 2 aromatic carbocycles. The Labute approximate surface area is 182 Å². The number of carbonyl (C=O) groups is 1. The number of hydrogen-bond acceptors (Lipinski definition) is 5. The van der Waals surface area contributed by atoms with Crippen molar-refractivity contribution in [3.05, 3.63) is 59.9 Å². The maximum atomic E-state index is 13.6. The zero-order valence-electron chi connectivity index (χ0n) is 17.8. The molecule has 0 N–H and O–H groups in total. The minimum atomic E-state index is -3.75. The smallest absolute Gasteiger partial charge is 0.253 e. The van der Waals surface area contributed by atoms with Crippen LogP contribution in [-0.2, 0) is 14.8 Å². The van der Waals surface area contributed by atoms with E-state index in [4.69, 9.17) is 9.47 Å². The van der Waals surface area contributed by atoms with Crippen molar-refractivity contribution >= 4 is 15.9 Å². The van der Waals surface area contributed by atoms with Gasteiger partial charge in [0.25, 0.3) is 5.91 Å². The Kier molecular flexibility index (Phi) is 7.30. The molecule has 2 atom stereocenters. The highest BCUT2D eigenvalue weighted by Gasteiger charge is 2.32. The average Bonchev–Trinajstić information content (AvgIpc) is 2.74. The Hall–Kier alpha value is -2.49. The molecule has 3 rings (SSSR count). The highest BCUT2D eigenvalue weighted by atomic mass is 32.2. The van der Waals surface area contributed by atoms with E-state index in [1.807, 2.05) is 13.8 Å². The van der Waals surface area contributed by atoms with Gasteiger partial charge in [0.05, 0.1) is 23.6 Å². The van der Waals surface area contributed by atoms with E-state index in [0.717, 1.165) is 0 Å². The first-order valence-electron chi connectivity index (χ1n) is 10.1. The lowest BCUT2D eigenvalue weighted by Gasteiger charge is -2.34. The van der Waals surface area contributed by atoms with Crippen LogP contribution in [0.25, 0.3) is 0 Å². The van der Waals surface area contributed by atoms with Crippen LogP contribution in [0.2, 0.25) is 0 Å². The second-order valence-electron chi connectivity index (χ2n) is 7.61. The normalized spacial score (nSPS) is 19.7. The van der Waals surface area contributed by atoms with Crippen molar-refractivity contribution in [3.63, 3.8) is 0 Å². The van der Waals surface area contributed by atoms with E-state index >= 15 is 0 Å². The molecule has 1 amide bonds. The van der Waals surface area contributed by atoms with E-state index in [2.05, 4.69) is 0 Å². The standard InChI is InChI=1S/C22H27FN2O5S/c1-16-14-25(15-17(2)30-16)31(27,28)19-8-6-7-18(13-19)22(26)24(3)11-12-29-21-10-5-4-9-20(21)23/h4-10,13,16-17H,11-12,14-15H2,1-3H3. The lowest BCUT2D eigenvalue weighted by molar-refractivity contribution is -0.0440. The van der Waals surface area contributed by atoms with E-state index in [9.17, 15) is 17.6 Å². The summed E-state index contributed by atoms with van der Waals surface area (Å²) in [7, 11) is -2.17. The fourth-order valence-electron chi connectivity index (χ4n) is 3.44. The topological polar surface area (TPSA) is 76.2 Å².